The molecule has 0 aliphatic heterocycles. The quantitative estimate of drug-likeness (QED) is 0.566. The topological polar surface area (TPSA) is 88.8 Å². The van der Waals surface area contributed by atoms with Crippen LogP contribution in [0.4, 0.5) is 0 Å². The zero-order valence-corrected chi connectivity index (χ0v) is 14.7. The molecule has 2 rings (SSSR count). The predicted octanol–water partition coefficient (Wildman–Crippen LogP) is 3.00. The van der Waals surface area contributed by atoms with Gasteiger partial charge < -0.3 is 4.74 Å². The standard InChI is InChI=1S/C16H26N2O4S/c1-12-3-9-15(10-4-12)23(19,20)22-18-16(11-17)13-5-7-14(21-2)8-6-13/h12-15H,3-10H2,1-2H3/b18-16+. The molecule has 0 bridgehead atoms. The van der Waals surface area contributed by atoms with Crippen LogP contribution in [0.1, 0.15) is 58.3 Å². The highest BCUT2D eigenvalue weighted by Gasteiger charge is 2.32. The molecule has 0 heterocycles. The van der Waals surface area contributed by atoms with Gasteiger partial charge in [-0.25, -0.2) is 0 Å². The molecule has 0 atom stereocenters. The molecule has 130 valence electrons. The van der Waals surface area contributed by atoms with Gasteiger partial charge in [-0.05, 0) is 57.3 Å². The van der Waals surface area contributed by atoms with Crippen LogP contribution in [0, 0.1) is 23.2 Å². The highest BCUT2D eigenvalue weighted by molar-refractivity contribution is 7.87. The lowest BCUT2D eigenvalue weighted by atomic mass is 9.84. The second kappa shape index (κ2) is 8.11. The fourth-order valence-electron chi connectivity index (χ4n) is 3.43. The number of rotatable bonds is 5. The number of nitriles is 1. The summed E-state index contributed by atoms with van der Waals surface area (Å²) < 4.78 is 34.6. The highest BCUT2D eigenvalue weighted by atomic mass is 32.2. The fourth-order valence-corrected chi connectivity index (χ4v) is 4.58. The fraction of sp³-hybridized carbons (Fsp3) is 0.875. The summed E-state index contributed by atoms with van der Waals surface area (Å²) in [6, 6.07) is 2.01. The van der Waals surface area contributed by atoms with Crippen LogP contribution in [0.25, 0.3) is 0 Å². The van der Waals surface area contributed by atoms with E-state index in [-0.39, 0.29) is 17.7 Å². The Morgan fingerprint density at radius 2 is 1.70 bits per heavy atom. The first-order chi connectivity index (χ1) is 11.0. The van der Waals surface area contributed by atoms with Gasteiger partial charge in [-0.1, -0.05) is 12.1 Å². The van der Waals surface area contributed by atoms with Gasteiger partial charge in [0.15, 0.2) is 5.71 Å². The van der Waals surface area contributed by atoms with Gasteiger partial charge in [0.25, 0.3) is 0 Å². The van der Waals surface area contributed by atoms with Crippen LogP contribution in [-0.2, 0) is 19.1 Å². The molecule has 0 spiro atoms. The summed E-state index contributed by atoms with van der Waals surface area (Å²) in [4.78, 5) is 0. The molecule has 23 heavy (non-hydrogen) atoms. The number of hydrogen-bond acceptors (Lipinski definition) is 6. The van der Waals surface area contributed by atoms with Gasteiger partial charge >= 0.3 is 10.1 Å². The van der Waals surface area contributed by atoms with Crippen molar-refractivity contribution < 1.29 is 17.4 Å². The maximum Gasteiger partial charge on any atom is 0.331 e. The van der Waals surface area contributed by atoms with Crippen molar-refractivity contribution in [3.63, 3.8) is 0 Å². The second-order valence-electron chi connectivity index (χ2n) is 6.75. The molecule has 6 nitrogen and oxygen atoms in total. The number of oxime groups is 1. The predicted molar refractivity (Wildman–Crippen MR) is 87.2 cm³/mol. The minimum atomic E-state index is -3.73. The molecule has 0 saturated heterocycles. The lowest BCUT2D eigenvalue weighted by Gasteiger charge is -2.26. The Morgan fingerprint density at radius 3 is 2.22 bits per heavy atom. The number of methoxy groups -OCH3 is 1. The molecule has 0 N–H and O–H groups in total. The van der Waals surface area contributed by atoms with Crippen LogP contribution in [-0.4, -0.2) is 32.6 Å². The lowest BCUT2D eigenvalue weighted by molar-refractivity contribution is 0.0645. The van der Waals surface area contributed by atoms with E-state index in [4.69, 9.17) is 9.02 Å². The van der Waals surface area contributed by atoms with Crippen LogP contribution in [0.5, 0.6) is 0 Å². The van der Waals surface area contributed by atoms with Gasteiger partial charge in [-0.3, -0.25) is 4.28 Å². The van der Waals surface area contributed by atoms with Crippen molar-refractivity contribution >= 4 is 15.8 Å². The van der Waals surface area contributed by atoms with Crippen LogP contribution < -0.4 is 0 Å². The van der Waals surface area contributed by atoms with E-state index in [1.165, 1.54) is 0 Å². The first-order valence-electron chi connectivity index (χ1n) is 8.39. The minimum absolute atomic E-state index is 0.0343. The van der Waals surface area contributed by atoms with E-state index in [1.807, 2.05) is 6.07 Å². The number of ether oxygens (including phenoxy) is 1. The van der Waals surface area contributed by atoms with Crippen molar-refractivity contribution in [3.05, 3.63) is 0 Å². The summed E-state index contributed by atoms with van der Waals surface area (Å²) in [7, 11) is -2.04. The number of hydrogen-bond donors (Lipinski definition) is 0. The molecule has 2 saturated carbocycles. The van der Waals surface area contributed by atoms with Crippen molar-refractivity contribution in [1.29, 1.82) is 5.26 Å². The Balaban J connectivity index is 1.95. The van der Waals surface area contributed by atoms with E-state index in [1.54, 1.807) is 7.11 Å². The van der Waals surface area contributed by atoms with Crippen molar-refractivity contribution in [2.24, 2.45) is 17.0 Å². The van der Waals surface area contributed by atoms with E-state index in [9.17, 15) is 13.7 Å². The van der Waals surface area contributed by atoms with E-state index in [2.05, 4.69) is 12.1 Å². The van der Waals surface area contributed by atoms with Crippen molar-refractivity contribution in [1.82, 2.24) is 0 Å². The monoisotopic (exact) mass is 342 g/mol. The molecule has 0 aromatic carbocycles. The lowest BCUT2D eigenvalue weighted by Crippen LogP contribution is -2.28. The average Bonchev–Trinajstić information content (AvgIpc) is 2.56. The van der Waals surface area contributed by atoms with Crippen molar-refractivity contribution in [3.8, 4) is 6.07 Å². The molecule has 0 unspecified atom stereocenters. The summed E-state index contributed by atoms with van der Waals surface area (Å²) in [6.07, 6.45) is 6.49. The molecular formula is C16H26N2O4S. The maximum atomic E-state index is 12.2. The van der Waals surface area contributed by atoms with Crippen molar-refractivity contribution in [2.75, 3.05) is 7.11 Å². The van der Waals surface area contributed by atoms with Gasteiger partial charge in [0.2, 0.25) is 0 Å². The molecule has 2 aliphatic carbocycles. The van der Waals surface area contributed by atoms with E-state index in [0.717, 1.165) is 38.5 Å². The first kappa shape index (κ1) is 18.2. The Labute approximate surface area is 139 Å². The molecular weight excluding hydrogens is 316 g/mol. The van der Waals surface area contributed by atoms with Gasteiger partial charge in [0, 0.05) is 13.0 Å². The Hall–Kier alpha value is -1.13. The summed E-state index contributed by atoms with van der Waals surface area (Å²) in [6.45, 7) is 2.13. The third-order valence-electron chi connectivity index (χ3n) is 5.12. The molecule has 2 aliphatic rings. The van der Waals surface area contributed by atoms with Gasteiger partial charge in [0.1, 0.15) is 6.07 Å². The SMILES string of the molecule is COC1CCC(/C(C#N)=N/OS(=O)(=O)C2CCC(C)CC2)CC1. The average molecular weight is 342 g/mol. The Bertz CT molecular complexity index is 551. The highest BCUT2D eigenvalue weighted by Crippen LogP contribution is 2.30. The van der Waals surface area contributed by atoms with Gasteiger partial charge in [-0.15, -0.1) is 0 Å². The van der Waals surface area contributed by atoms with Crippen LogP contribution in [0.15, 0.2) is 5.16 Å². The summed E-state index contributed by atoms with van der Waals surface area (Å²) in [5.74, 6) is 0.531. The normalized spacial score (nSPS) is 33.0. The smallest absolute Gasteiger partial charge is 0.331 e. The molecule has 2 fully saturated rings. The minimum Gasteiger partial charge on any atom is -0.381 e. The summed E-state index contributed by atoms with van der Waals surface area (Å²) >= 11 is 0. The van der Waals surface area contributed by atoms with E-state index >= 15 is 0 Å². The first-order valence-corrected chi connectivity index (χ1v) is 9.86. The zero-order valence-electron chi connectivity index (χ0n) is 13.9. The van der Waals surface area contributed by atoms with Crippen LogP contribution in [0.2, 0.25) is 0 Å². The van der Waals surface area contributed by atoms with Gasteiger partial charge in [0.05, 0.1) is 11.4 Å². The third kappa shape index (κ3) is 4.92. The molecule has 0 aromatic heterocycles. The Morgan fingerprint density at radius 1 is 1.09 bits per heavy atom. The van der Waals surface area contributed by atoms with Crippen molar-refractivity contribution in [2.45, 2.75) is 69.6 Å². The third-order valence-corrected chi connectivity index (χ3v) is 6.69. The summed E-state index contributed by atoms with van der Waals surface area (Å²) in [5, 5.41) is 12.5. The summed E-state index contributed by atoms with van der Waals surface area (Å²) in [5.41, 5.74) is 0.187. The molecule has 0 aromatic rings. The number of nitrogens with zero attached hydrogens (tertiary/aromatic N) is 2. The maximum absolute atomic E-state index is 12.2. The van der Waals surface area contributed by atoms with Crippen LogP contribution in [0.3, 0.4) is 0 Å². The largest absolute Gasteiger partial charge is 0.381 e. The van der Waals surface area contributed by atoms with Crippen LogP contribution >= 0.6 is 0 Å². The van der Waals surface area contributed by atoms with E-state index in [0.29, 0.717) is 18.8 Å². The van der Waals surface area contributed by atoms with E-state index < -0.39 is 15.4 Å². The second-order valence-corrected chi connectivity index (χ2v) is 8.55. The van der Waals surface area contributed by atoms with Gasteiger partial charge in [-0.2, -0.15) is 13.7 Å². The Kier molecular flexibility index (Phi) is 6.42. The molecule has 7 heteroatoms. The molecule has 0 amide bonds. The molecule has 0 radical (unpaired) electrons. The zero-order chi connectivity index (χ0) is 16.9.